The minimum absolute atomic E-state index is 0.0790. The van der Waals surface area contributed by atoms with Crippen molar-refractivity contribution in [3.05, 3.63) is 59.2 Å². The molecule has 0 radical (unpaired) electrons. The third-order valence-corrected chi connectivity index (χ3v) is 4.00. The molecule has 8 heteroatoms. The molecule has 0 aliphatic carbocycles. The summed E-state index contributed by atoms with van der Waals surface area (Å²) in [6.07, 6.45) is 0. The van der Waals surface area contributed by atoms with Gasteiger partial charge in [0, 0.05) is 11.3 Å². The van der Waals surface area contributed by atoms with E-state index in [9.17, 15) is 18.4 Å². The highest BCUT2D eigenvalue weighted by molar-refractivity contribution is 6.01. The summed E-state index contributed by atoms with van der Waals surface area (Å²) in [6.45, 7) is 1.53. The molecule has 0 saturated carbocycles. The predicted molar refractivity (Wildman–Crippen MR) is 102 cm³/mol. The molecular weight excluding hydrogens is 368 g/mol. The molecule has 0 spiro atoms. The zero-order valence-corrected chi connectivity index (χ0v) is 16.0. The maximum atomic E-state index is 12.2. The number of benzene rings is 2. The molecule has 0 heterocycles. The molecule has 3 amide bonds. The molecular formula is C20H24F2N3O3+. The molecule has 2 aromatic carbocycles. The molecule has 3 N–H and O–H groups in total. The van der Waals surface area contributed by atoms with Crippen LogP contribution in [0, 0.1) is 13.8 Å². The predicted octanol–water partition coefficient (Wildman–Crippen LogP) is 2.27. The monoisotopic (exact) mass is 392 g/mol. The number of aryl methyl sites for hydroxylation is 2. The largest absolute Gasteiger partial charge is 0.435 e. The first-order valence-electron chi connectivity index (χ1n) is 8.76. The van der Waals surface area contributed by atoms with E-state index >= 15 is 0 Å². The van der Waals surface area contributed by atoms with Gasteiger partial charge in [0.2, 0.25) is 0 Å². The number of likely N-dealkylation sites (N-methyl/N-ethyl adjacent to an activating group) is 1. The van der Waals surface area contributed by atoms with Crippen molar-refractivity contribution in [1.82, 2.24) is 5.32 Å². The van der Waals surface area contributed by atoms with E-state index in [1.165, 1.54) is 12.1 Å². The summed E-state index contributed by atoms with van der Waals surface area (Å²) in [7, 11) is 1.80. The number of alkyl halides is 2. The van der Waals surface area contributed by atoms with Gasteiger partial charge in [-0.25, -0.2) is 4.79 Å². The quantitative estimate of drug-likeness (QED) is 0.677. The smallest absolute Gasteiger partial charge is 0.387 e. The average molecular weight is 392 g/mol. The van der Waals surface area contributed by atoms with Crippen molar-refractivity contribution in [3.63, 3.8) is 0 Å². The summed E-state index contributed by atoms with van der Waals surface area (Å²) in [5, 5.41) is 4.96. The summed E-state index contributed by atoms with van der Waals surface area (Å²) in [6, 6.07) is 11.2. The maximum absolute atomic E-state index is 12.2. The number of nitrogens with one attached hydrogen (secondary N) is 3. The van der Waals surface area contributed by atoms with E-state index < -0.39 is 18.5 Å². The van der Waals surface area contributed by atoms with Crippen LogP contribution in [0.15, 0.2) is 42.5 Å². The molecule has 28 heavy (non-hydrogen) atoms. The molecule has 2 rings (SSSR count). The zero-order chi connectivity index (χ0) is 20.7. The van der Waals surface area contributed by atoms with Crippen LogP contribution >= 0.6 is 0 Å². The van der Waals surface area contributed by atoms with Gasteiger partial charge in [-0.3, -0.25) is 10.1 Å². The van der Waals surface area contributed by atoms with Crippen molar-refractivity contribution in [2.24, 2.45) is 0 Å². The number of imide groups is 1. The van der Waals surface area contributed by atoms with Crippen LogP contribution in [0.3, 0.4) is 0 Å². The topological polar surface area (TPSA) is 71.9 Å². The molecule has 0 aliphatic rings. The van der Waals surface area contributed by atoms with Crippen LogP contribution in [0.4, 0.5) is 19.3 Å². The zero-order valence-electron chi connectivity index (χ0n) is 16.0. The normalized spacial score (nSPS) is 11.8. The van der Waals surface area contributed by atoms with E-state index in [4.69, 9.17) is 0 Å². The maximum Gasteiger partial charge on any atom is 0.387 e. The number of halogens is 2. The lowest BCUT2D eigenvalue weighted by Crippen LogP contribution is -3.09. The molecule has 0 bridgehead atoms. The Kier molecular flexibility index (Phi) is 7.45. The Labute approximate surface area is 162 Å². The van der Waals surface area contributed by atoms with E-state index in [0.29, 0.717) is 12.2 Å². The first-order chi connectivity index (χ1) is 13.2. The van der Waals surface area contributed by atoms with Crippen LogP contribution < -0.4 is 20.3 Å². The van der Waals surface area contributed by atoms with E-state index in [0.717, 1.165) is 21.6 Å². The van der Waals surface area contributed by atoms with Crippen molar-refractivity contribution >= 4 is 17.6 Å². The SMILES string of the molecule is Cc1ccc(NC(=O)NC(=O)C[NH+](C)Cc2ccc(OC(F)F)cc2)c(C)c1. The van der Waals surface area contributed by atoms with Crippen LogP contribution in [0.25, 0.3) is 0 Å². The minimum Gasteiger partial charge on any atom is -0.435 e. The van der Waals surface area contributed by atoms with Crippen LogP contribution in [0.1, 0.15) is 16.7 Å². The number of anilines is 1. The van der Waals surface area contributed by atoms with Gasteiger partial charge in [-0.05, 0) is 49.7 Å². The van der Waals surface area contributed by atoms with Gasteiger partial charge in [0.25, 0.3) is 5.91 Å². The Morgan fingerprint density at radius 3 is 2.39 bits per heavy atom. The van der Waals surface area contributed by atoms with Crippen molar-refractivity contribution in [1.29, 1.82) is 0 Å². The second-order valence-corrected chi connectivity index (χ2v) is 6.65. The van der Waals surface area contributed by atoms with Crippen LogP contribution in [-0.2, 0) is 11.3 Å². The van der Waals surface area contributed by atoms with E-state index in [-0.39, 0.29) is 12.3 Å². The summed E-state index contributed by atoms with van der Waals surface area (Å²) in [4.78, 5) is 24.9. The molecule has 0 fully saturated rings. The van der Waals surface area contributed by atoms with Crippen molar-refractivity contribution < 1.29 is 28.0 Å². The van der Waals surface area contributed by atoms with Crippen molar-refractivity contribution in [2.75, 3.05) is 18.9 Å². The van der Waals surface area contributed by atoms with Gasteiger partial charge in [-0.1, -0.05) is 17.7 Å². The molecule has 150 valence electrons. The fourth-order valence-electron chi connectivity index (χ4n) is 2.75. The average Bonchev–Trinajstić information content (AvgIpc) is 2.58. The van der Waals surface area contributed by atoms with Crippen LogP contribution in [0.2, 0.25) is 0 Å². The number of ether oxygens (including phenoxy) is 1. The Hall–Kier alpha value is -3.00. The van der Waals surface area contributed by atoms with Gasteiger partial charge >= 0.3 is 12.6 Å². The Morgan fingerprint density at radius 1 is 1.11 bits per heavy atom. The van der Waals surface area contributed by atoms with Crippen molar-refractivity contribution in [3.8, 4) is 5.75 Å². The number of quaternary nitrogens is 1. The van der Waals surface area contributed by atoms with E-state index in [1.54, 1.807) is 25.2 Å². The number of amides is 3. The molecule has 1 unspecified atom stereocenters. The van der Waals surface area contributed by atoms with Gasteiger partial charge in [-0.15, -0.1) is 0 Å². The molecule has 0 aromatic heterocycles. The minimum atomic E-state index is -2.86. The number of hydrogen-bond acceptors (Lipinski definition) is 3. The summed E-state index contributed by atoms with van der Waals surface area (Å²) >= 11 is 0. The number of carbonyl (C=O) groups is 2. The summed E-state index contributed by atoms with van der Waals surface area (Å²) in [5.41, 5.74) is 3.48. The molecule has 0 aliphatic heterocycles. The summed E-state index contributed by atoms with van der Waals surface area (Å²) < 4.78 is 28.6. The first kappa shape index (κ1) is 21.3. The van der Waals surface area contributed by atoms with Gasteiger partial charge in [0.05, 0.1) is 7.05 Å². The van der Waals surface area contributed by atoms with E-state index in [1.807, 2.05) is 26.0 Å². The third kappa shape index (κ3) is 6.96. The van der Waals surface area contributed by atoms with Gasteiger partial charge in [-0.2, -0.15) is 8.78 Å². The highest BCUT2D eigenvalue weighted by atomic mass is 19.3. The lowest BCUT2D eigenvalue weighted by molar-refractivity contribution is -0.885. The molecule has 2 aromatic rings. The number of rotatable bonds is 7. The van der Waals surface area contributed by atoms with Gasteiger partial charge in [0.15, 0.2) is 6.54 Å². The highest BCUT2D eigenvalue weighted by Crippen LogP contribution is 2.16. The number of hydrogen-bond donors (Lipinski definition) is 3. The second kappa shape index (κ2) is 9.80. The van der Waals surface area contributed by atoms with Crippen LogP contribution in [0.5, 0.6) is 5.75 Å². The molecule has 0 saturated heterocycles. The lowest BCUT2D eigenvalue weighted by Gasteiger charge is -2.14. The van der Waals surface area contributed by atoms with Crippen molar-refractivity contribution in [2.45, 2.75) is 27.0 Å². The standard InChI is InChI=1S/C20H23F2N3O3/c1-13-4-9-17(14(2)10-13)23-20(27)24-18(26)12-25(3)11-15-5-7-16(8-6-15)28-19(21)22/h4-10,19H,11-12H2,1-3H3,(H2,23,24,26,27)/p+1. The van der Waals surface area contributed by atoms with Gasteiger partial charge < -0.3 is 15.0 Å². The molecule has 6 nitrogen and oxygen atoms in total. The highest BCUT2D eigenvalue weighted by Gasteiger charge is 2.14. The second-order valence-electron chi connectivity index (χ2n) is 6.65. The fourth-order valence-corrected chi connectivity index (χ4v) is 2.75. The Bertz CT molecular complexity index is 826. The van der Waals surface area contributed by atoms with Crippen LogP contribution in [-0.4, -0.2) is 32.1 Å². The number of urea groups is 1. The Morgan fingerprint density at radius 2 is 1.79 bits per heavy atom. The Balaban J connectivity index is 1.80. The fraction of sp³-hybridized carbons (Fsp3) is 0.300. The number of carbonyl (C=O) groups excluding carboxylic acids is 2. The lowest BCUT2D eigenvalue weighted by atomic mass is 10.1. The van der Waals surface area contributed by atoms with E-state index in [2.05, 4.69) is 15.4 Å². The van der Waals surface area contributed by atoms with Gasteiger partial charge in [0.1, 0.15) is 12.3 Å². The third-order valence-electron chi connectivity index (χ3n) is 4.00. The molecule has 1 atom stereocenters. The first-order valence-corrected chi connectivity index (χ1v) is 8.76. The summed E-state index contributed by atoms with van der Waals surface area (Å²) in [5.74, 6) is -0.338.